The molecule has 1 saturated heterocycles. The summed E-state index contributed by atoms with van der Waals surface area (Å²) in [4.78, 5) is 6.36. The fourth-order valence-corrected chi connectivity index (χ4v) is 3.16. The zero-order valence-electron chi connectivity index (χ0n) is 14.5. The molecule has 134 valence electrons. The van der Waals surface area contributed by atoms with Crippen molar-refractivity contribution in [1.29, 1.82) is 0 Å². The molecule has 2 heterocycles. The smallest absolute Gasteiger partial charge is 0.140 e. The van der Waals surface area contributed by atoms with Gasteiger partial charge in [0.1, 0.15) is 24.0 Å². The lowest BCUT2D eigenvalue weighted by Gasteiger charge is -2.23. The van der Waals surface area contributed by atoms with Crippen molar-refractivity contribution in [2.24, 2.45) is 5.92 Å². The standard InChI is InChI=1S/C19H23F2N3O/c1-13-5-14(8-23-13)11-24(2)17-7-18(10-22-9-17)25-12-15-3-4-16(20)6-19(15)21/h3-4,6-7,9-10,13-14,23H,5,8,11-12H2,1-2H3. The van der Waals surface area contributed by atoms with Crippen LogP contribution in [0.5, 0.6) is 5.75 Å². The second kappa shape index (κ2) is 7.78. The van der Waals surface area contributed by atoms with E-state index in [0.717, 1.165) is 31.3 Å². The molecule has 1 aromatic heterocycles. The van der Waals surface area contributed by atoms with Crippen LogP contribution in [0.15, 0.2) is 36.7 Å². The zero-order valence-corrected chi connectivity index (χ0v) is 14.5. The molecule has 4 nitrogen and oxygen atoms in total. The van der Waals surface area contributed by atoms with Gasteiger partial charge in [-0.25, -0.2) is 8.78 Å². The van der Waals surface area contributed by atoms with Crippen LogP contribution < -0.4 is 15.0 Å². The number of nitrogens with zero attached hydrogens (tertiary/aromatic N) is 2. The van der Waals surface area contributed by atoms with Gasteiger partial charge in [0, 0.05) is 37.3 Å². The van der Waals surface area contributed by atoms with Crippen molar-refractivity contribution in [2.45, 2.75) is 26.0 Å². The maximum atomic E-state index is 13.7. The summed E-state index contributed by atoms with van der Waals surface area (Å²) in [6.07, 6.45) is 4.55. The van der Waals surface area contributed by atoms with Crippen molar-refractivity contribution in [3.05, 3.63) is 53.9 Å². The number of hydrogen-bond donors (Lipinski definition) is 1. The van der Waals surface area contributed by atoms with Gasteiger partial charge in [-0.3, -0.25) is 4.98 Å². The van der Waals surface area contributed by atoms with E-state index in [2.05, 4.69) is 22.1 Å². The number of benzene rings is 1. The summed E-state index contributed by atoms with van der Waals surface area (Å²) in [7, 11) is 2.03. The molecule has 0 radical (unpaired) electrons. The Labute approximate surface area is 146 Å². The summed E-state index contributed by atoms with van der Waals surface area (Å²) >= 11 is 0. The quantitative estimate of drug-likeness (QED) is 0.869. The van der Waals surface area contributed by atoms with Gasteiger partial charge in [0.25, 0.3) is 0 Å². The van der Waals surface area contributed by atoms with Crippen LogP contribution in [-0.4, -0.2) is 31.2 Å². The third kappa shape index (κ3) is 4.66. The number of halogens is 2. The van der Waals surface area contributed by atoms with Gasteiger partial charge in [-0.2, -0.15) is 0 Å². The van der Waals surface area contributed by atoms with Crippen molar-refractivity contribution < 1.29 is 13.5 Å². The molecule has 3 rings (SSSR count). The van der Waals surface area contributed by atoms with Crippen molar-refractivity contribution >= 4 is 5.69 Å². The molecule has 1 N–H and O–H groups in total. The average Bonchev–Trinajstić information content (AvgIpc) is 2.99. The van der Waals surface area contributed by atoms with E-state index in [4.69, 9.17) is 4.74 Å². The summed E-state index contributed by atoms with van der Waals surface area (Å²) < 4.78 is 32.2. The molecular formula is C19H23F2N3O. The van der Waals surface area contributed by atoms with Gasteiger partial charge >= 0.3 is 0 Å². The van der Waals surface area contributed by atoms with Gasteiger partial charge in [0.05, 0.1) is 18.1 Å². The highest BCUT2D eigenvalue weighted by molar-refractivity contribution is 5.47. The maximum absolute atomic E-state index is 13.7. The van der Waals surface area contributed by atoms with Crippen LogP contribution in [0, 0.1) is 17.6 Å². The second-order valence-electron chi connectivity index (χ2n) is 6.69. The maximum Gasteiger partial charge on any atom is 0.140 e. The minimum absolute atomic E-state index is 0.0328. The molecule has 0 saturated carbocycles. The predicted molar refractivity (Wildman–Crippen MR) is 93.8 cm³/mol. The van der Waals surface area contributed by atoms with Gasteiger partial charge in [0.15, 0.2) is 0 Å². The number of anilines is 1. The van der Waals surface area contributed by atoms with E-state index in [1.165, 1.54) is 12.1 Å². The van der Waals surface area contributed by atoms with Crippen molar-refractivity contribution in [2.75, 3.05) is 25.0 Å². The highest BCUT2D eigenvalue weighted by Crippen LogP contribution is 2.23. The van der Waals surface area contributed by atoms with E-state index in [-0.39, 0.29) is 6.61 Å². The van der Waals surface area contributed by atoms with Gasteiger partial charge in [-0.05, 0) is 37.9 Å². The second-order valence-corrected chi connectivity index (χ2v) is 6.69. The van der Waals surface area contributed by atoms with Crippen LogP contribution in [0.25, 0.3) is 0 Å². The molecule has 6 heteroatoms. The molecule has 0 aliphatic carbocycles. The Kier molecular flexibility index (Phi) is 5.48. The summed E-state index contributed by atoms with van der Waals surface area (Å²) in [6, 6.07) is 5.93. The van der Waals surface area contributed by atoms with Crippen LogP contribution in [0.3, 0.4) is 0 Å². The molecule has 0 spiro atoms. The molecule has 25 heavy (non-hydrogen) atoms. The Bertz CT molecular complexity index is 726. The van der Waals surface area contributed by atoms with Gasteiger partial charge in [-0.1, -0.05) is 0 Å². The first-order valence-electron chi connectivity index (χ1n) is 8.47. The van der Waals surface area contributed by atoms with Crippen molar-refractivity contribution in [1.82, 2.24) is 10.3 Å². The van der Waals surface area contributed by atoms with E-state index in [9.17, 15) is 8.78 Å². The first kappa shape index (κ1) is 17.6. The van der Waals surface area contributed by atoms with E-state index < -0.39 is 11.6 Å². The summed E-state index contributed by atoms with van der Waals surface area (Å²) in [5.41, 5.74) is 1.27. The minimum Gasteiger partial charge on any atom is -0.487 e. The number of aromatic nitrogens is 1. The van der Waals surface area contributed by atoms with Crippen molar-refractivity contribution in [3.8, 4) is 5.75 Å². The monoisotopic (exact) mass is 347 g/mol. The topological polar surface area (TPSA) is 37.4 Å². The SMILES string of the molecule is CC1CC(CN(C)c2cncc(OCc3ccc(F)cc3F)c2)CN1. The van der Waals surface area contributed by atoms with E-state index in [1.807, 2.05) is 13.1 Å². The lowest BCUT2D eigenvalue weighted by atomic mass is 10.1. The molecule has 1 aliphatic rings. The highest BCUT2D eigenvalue weighted by atomic mass is 19.1. The lowest BCUT2D eigenvalue weighted by molar-refractivity contribution is 0.298. The first-order valence-corrected chi connectivity index (χ1v) is 8.47. The Morgan fingerprint density at radius 3 is 2.84 bits per heavy atom. The number of pyridine rings is 1. The van der Waals surface area contributed by atoms with Crippen LogP contribution in [0.4, 0.5) is 14.5 Å². The molecule has 2 atom stereocenters. The highest BCUT2D eigenvalue weighted by Gasteiger charge is 2.22. The van der Waals surface area contributed by atoms with Crippen LogP contribution in [0.2, 0.25) is 0 Å². The van der Waals surface area contributed by atoms with Crippen molar-refractivity contribution in [3.63, 3.8) is 0 Å². The molecule has 2 aromatic rings. The van der Waals surface area contributed by atoms with Gasteiger partial charge < -0.3 is 15.0 Å². The van der Waals surface area contributed by atoms with Crippen LogP contribution in [-0.2, 0) is 6.61 Å². The number of nitrogens with one attached hydrogen (secondary N) is 1. The third-order valence-electron chi connectivity index (χ3n) is 4.52. The van der Waals surface area contributed by atoms with Crippen LogP contribution in [0.1, 0.15) is 18.9 Å². The van der Waals surface area contributed by atoms with Gasteiger partial charge in [0.2, 0.25) is 0 Å². The number of ether oxygens (including phenoxy) is 1. The third-order valence-corrected chi connectivity index (χ3v) is 4.52. The minimum atomic E-state index is -0.607. The Balaban J connectivity index is 1.60. The average molecular weight is 347 g/mol. The summed E-state index contributed by atoms with van der Waals surface area (Å²) in [5.74, 6) is -0.0322. The lowest BCUT2D eigenvalue weighted by Crippen LogP contribution is -2.26. The fraction of sp³-hybridized carbons (Fsp3) is 0.421. The predicted octanol–water partition coefficient (Wildman–Crippen LogP) is 3.37. The summed E-state index contributed by atoms with van der Waals surface area (Å²) in [5, 5.41) is 3.46. The molecule has 1 fully saturated rings. The molecule has 2 unspecified atom stereocenters. The number of rotatable bonds is 6. The number of hydrogen-bond acceptors (Lipinski definition) is 4. The normalized spacial score (nSPS) is 19.8. The first-order chi connectivity index (χ1) is 12.0. The molecule has 0 bridgehead atoms. The van der Waals surface area contributed by atoms with E-state index in [1.54, 1.807) is 12.4 Å². The molecule has 1 aromatic carbocycles. The molecule has 0 amide bonds. The Morgan fingerprint density at radius 1 is 1.28 bits per heavy atom. The Hall–Kier alpha value is -2.21. The Morgan fingerprint density at radius 2 is 2.12 bits per heavy atom. The van der Waals surface area contributed by atoms with E-state index >= 15 is 0 Å². The fourth-order valence-electron chi connectivity index (χ4n) is 3.16. The largest absolute Gasteiger partial charge is 0.487 e. The summed E-state index contributed by atoms with van der Waals surface area (Å²) in [6.45, 7) is 4.20. The molecular weight excluding hydrogens is 324 g/mol. The molecule has 1 aliphatic heterocycles. The van der Waals surface area contributed by atoms with Crippen LogP contribution >= 0.6 is 0 Å². The van der Waals surface area contributed by atoms with E-state index in [0.29, 0.717) is 23.3 Å². The van der Waals surface area contributed by atoms with Gasteiger partial charge in [-0.15, -0.1) is 0 Å². The zero-order chi connectivity index (χ0) is 17.8.